The molecule has 1 N–H and O–H groups in total. The van der Waals surface area contributed by atoms with Crippen molar-refractivity contribution in [3.05, 3.63) is 33.1 Å². The summed E-state index contributed by atoms with van der Waals surface area (Å²) >= 11 is 4.57. The Labute approximate surface area is 135 Å². The molecule has 0 unspecified atom stereocenters. The molecule has 2 rings (SSSR count). The second-order valence-corrected chi connectivity index (χ2v) is 6.02. The summed E-state index contributed by atoms with van der Waals surface area (Å²) in [6.07, 6.45) is 1.73. The molecular formula is C14H13BrN2O3S. The van der Waals surface area contributed by atoms with Crippen molar-refractivity contribution in [2.75, 3.05) is 6.61 Å². The van der Waals surface area contributed by atoms with E-state index in [4.69, 9.17) is 4.74 Å². The number of halogens is 1. The number of hydrogen-bond acceptors (Lipinski definition) is 4. The monoisotopic (exact) mass is 368 g/mol. The largest absolute Gasteiger partial charge is 0.493 e. The maximum absolute atomic E-state index is 11.8. The summed E-state index contributed by atoms with van der Waals surface area (Å²) in [7, 11) is 0. The lowest BCUT2D eigenvalue weighted by atomic mass is 10.2. The highest BCUT2D eigenvalue weighted by atomic mass is 79.9. The molecule has 1 aromatic rings. The molecule has 1 aliphatic rings. The average molecular weight is 369 g/mol. The number of carbonyl (C=O) groups excluding carboxylic acids is 2. The Morgan fingerprint density at radius 3 is 2.90 bits per heavy atom. The Bertz CT molecular complexity index is 656. The second-order valence-electron chi connectivity index (χ2n) is 4.14. The molecule has 0 saturated carbocycles. The van der Waals surface area contributed by atoms with Gasteiger partial charge in [0.2, 0.25) is 5.91 Å². The summed E-state index contributed by atoms with van der Waals surface area (Å²) in [4.78, 5) is 27.0. The van der Waals surface area contributed by atoms with Crippen LogP contribution in [-0.4, -0.2) is 23.6 Å². The minimum Gasteiger partial charge on any atom is -0.493 e. The molecule has 21 heavy (non-hydrogen) atoms. The first-order valence-corrected chi connectivity index (χ1v) is 7.83. The van der Waals surface area contributed by atoms with E-state index < -0.39 is 0 Å². The highest BCUT2D eigenvalue weighted by molar-refractivity contribution is 9.10. The molecule has 0 aromatic heterocycles. The van der Waals surface area contributed by atoms with Crippen LogP contribution in [0.15, 0.2) is 32.6 Å². The molecule has 0 saturated heterocycles. The molecule has 1 aliphatic heterocycles. The van der Waals surface area contributed by atoms with Gasteiger partial charge in [-0.1, -0.05) is 6.07 Å². The molecule has 5 nitrogen and oxygen atoms in total. The summed E-state index contributed by atoms with van der Waals surface area (Å²) < 4.78 is 6.25. The van der Waals surface area contributed by atoms with Gasteiger partial charge in [-0.15, -0.1) is 0 Å². The molecule has 0 spiro atoms. The maximum atomic E-state index is 11.8. The number of carbonyl (C=O) groups is 2. The lowest BCUT2D eigenvalue weighted by Gasteiger charge is -2.06. The highest BCUT2D eigenvalue weighted by Gasteiger charge is 2.22. The number of amides is 2. The third-order valence-corrected chi connectivity index (χ3v) is 3.98. The van der Waals surface area contributed by atoms with Crippen molar-refractivity contribution in [1.29, 1.82) is 0 Å². The van der Waals surface area contributed by atoms with Gasteiger partial charge in [-0.3, -0.25) is 9.59 Å². The first kappa shape index (κ1) is 15.8. The normalized spacial score (nSPS) is 16.0. The molecule has 1 aromatic carbocycles. The Hall–Kier alpha value is -1.60. The van der Waals surface area contributed by atoms with Crippen molar-refractivity contribution in [1.82, 2.24) is 5.32 Å². The third-order valence-electron chi connectivity index (χ3n) is 2.46. The fourth-order valence-electron chi connectivity index (χ4n) is 1.64. The standard InChI is InChI=1S/C14H13BrN2O3S/c1-3-20-11-5-4-9(6-10(11)15)7-12-13(19)17-14(21-12)16-8(2)18/h4-7H,3H2,1-2H3,(H,16,17,18,19). The number of nitrogens with one attached hydrogen (secondary N) is 1. The van der Waals surface area contributed by atoms with Crippen LogP contribution >= 0.6 is 27.7 Å². The van der Waals surface area contributed by atoms with Gasteiger partial charge >= 0.3 is 0 Å². The van der Waals surface area contributed by atoms with Crippen molar-refractivity contribution >= 4 is 50.7 Å². The predicted octanol–water partition coefficient (Wildman–Crippen LogP) is 2.95. The van der Waals surface area contributed by atoms with Gasteiger partial charge in [-0.05, 0) is 58.4 Å². The van der Waals surface area contributed by atoms with E-state index in [0.717, 1.165) is 27.5 Å². The van der Waals surface area contributed by atoms with Gasteiger partial charge in [-0.25, -0.2) is 0 Å². The Kier molecular flexibility index (Phi) is 5.19. The maximum Gasteiger partial charge on any atom is 0.286 e. The quantitative estimate of drug-likeness (QED) is 0.832. The molecule has 0 fully saturated rings. The van der Waals surface area contributed by atoms with Crippen LogP contribution in [-0.2, 0) is 9.59 Å². The summed E-state index contributed by atoms with van der Waals surface area (Å²) in [5.74, 6) is 0.146. The van der Waals surface area contributed by atoms with E-state index in [-0.39, 0.29) is 11.8 Å². The van der Waals surface area contributed by atoms with E-state index in [1.54, 1.807) is 6.08 Å². The van der Waals surface area contributed by atoms with E-state index in [0.29, 0.717) is 16.7 Å². The highest BCUT2D eigenvalue weighted by Crippen LogP contribution is 2.30. The number of rotatable bonds is 3. The Balaban J connectivity index is 2.16. The van der Waals surface area contributed by atoms with E-state index in [9.17, 15) is 9.59 Å². The molecule has 0 radical (unpaired) electrons. The minimum atomic E-state index is -0.353. The van der Waals surface area contributed by atoms with Gasteiger partial charge in [0.25, 0.3) is 5.91 Å². The van der Waals surface area contributed by atoms with Crippen LogP contribution in [0.2, 0.25) is 0 Å². The molecule has 110 valence electrons. The zero-order valence-corrected chi connectivity index (χ0v) is 13.9. The molecule has 1 heterocycles. The van der Waals surface area contributed by atoms with Crippen LogP contribution < -0.4 is 10.1 Å². The van der Waals surface area contributed by atoms with E-state index in [2.05, 4.69) is 26.2 Å². The number of ether oxygens (including phenoxy) is 1. The first-order valence-electron chi connectivity index (χ1n) is 6.22. The number of thioether (sulfide) groups is 1. The summed E-state index contributed by atoms with van der Waals surface area (Å²) in [5, 5.41) is 2.82. The fourth-order valence-corrected chi connectivity index (χ4v) is 3.01. The van der Waals surface area contributed by atoms with Crippen LogP contribution in [0.4, 0.5) is 0 Å². The average Bonchev–Trinajstić information content (AvgIpc) is 2.72. The van der Waals surface area contributed by atoms with Gasteiger partial charge in [-0.2, -0.15) is 4.99 Å². The fraction of sp³-hybridized carbons (Fsp3) is 0.214. The molecule has 7 heteroatoms. The number of aliphatic imine (C=N–C) groups is 1. The molecule has 0 atom stereocenters. The number of benzene rings is 1. The van der Waals surface area contributed by atoms with Gasteiger partial charge in [0.15, 0.2) is 5.17 Å². The van der Waals surface area contributed by atoms with Crippen LogP contribution in [0, 0.1) is 0 Å². The van der Waals surface area contributed by atoms with Crippen molar-refractivity contribution in [2.45, 2.75) is 13.8 Å². The topological polar surface area (TPSA) is 67.8 Å². The van der Waals surface area contributed by atoms with E-state index in [1.807, 2.05) is 25.1 Å². The summed E-state index contributed by atoms with van der Waals surface area (Å²) in [6, 6.07) is 5.55. The van der Waals surface area contributed by atoms with Gasteiger partial charge in [0.1, 0.15) is 5.75 Å². The van der Waals surface area contributed by atoms with Crippen molar-refractivity contribution in [2.24, 2.45) is 4.99 Å². The molecule has 2 amide bonds. The van der Waals surface area contributed by atoms with Crippen molar-refractivity contribution in [3.63, 3.8) is 0 Å². The van der Waals surface area contributed by atoms with Crippen molar-refractivity contribution in [3.8, 4) is 5.75 Å². The smallest absolute Gasteiger partial charge is 0.286 e. The summed E-state index contributed by atoms with van der Waals surface area (Å²) in [6.45, 7) is 3.87. The van der Waals surface area contributed by atoms with Crippen LogP contribution in [0.25, 0.3) is 6.08 Å². The Morgan fingerprint density at radius 1 is 1.52 bits per heavy atom. The predicted molar refractivity (Wildman–Crippen MR) is 87.1 cm³/mol. The third kappa shape index (κ3) is 4.18. The molecule has 0 aliphatic carbocycles. The van der Waals surface area contributed by atoms with Crippen LogP contribution in [0.5, 0.6) is 5.75 Å². The second kappa shape index (κ2) is 6.91. The number of hydrogen-bond donors (Lipinski definition) is 1. The summed E-state index contributed by atoms with van der Waals surface area (Å²) in [5.41, 5.74) is 0.848. The lowest BCUT2D eigenvalue weighted by molar-refractivity contribution is -0.117. The minimum absolute atomic E-state index is 0.251. The molecule has 0 bridgehead atoms. The number of amidine groups is 1. The van der Waals surface area contributed by atoms with E-state index >= 15 is 0 Å². The lowest BCUT2D eigenvalue weighted by Crippen LogP contribution is -2.23. The first-order chi connectivity index (χ1) is 9.99. The van der Waals surface area contributed by atoms with Crippen LogP contribution in [0.3, 0.4) is 0 Å². The van der Waals surface area contributed by atoms with Gasteiger partial charge < -0.3 is 10.1 Å². The van der Waals surface area contributed by atoms with Gasteiger partial charge in [0.05, 0.1) is 16.0 Å². The zero-order chi connectivity index (χ0) is 15.4. The Morgan fingerprint density at radius 2 is 2.29 bits per heavy atom. The van der Waals surface area contributed by atoms with Crippen molar-refractivity contribution < 1.29 is 14.3 Å². The van der Waals surface area contributed by atoms with Crippen LogP contribution in [0.1, 0.15) is 19.4 Å². The zero-order valence-electron chi connectivity index (χ0n) is 11.5. The molecular weight excluding hydrogens is 356 g/mol. The number of nitrogens with zero attached hydrogens (tertiary/aromatic N) is 1. The van der Waals surface area contributed by atoms with E-state index in [1.165, 1.54) is 6.92 Å². The van der Waals surface area contributed by atoms with Gasteiger partial charge in [0, 0.05) is 6.92 Å². The SMILES string of the molecule is CCOc1ccc(C=C2SC(NC(C)=O)=NC2=O)cc1Br.